The summed E-state index contributed by atoms with van der Waals surface area (Å²) in [6.07, 6.45) is 2.38. The number of nitrogens with one attached hydrogen (secondary N) is 2. The summed E-state index contributed by atoms with van der Waals surface area (Å²) in [6, 6.07) is 5.06. The van der Waals surface area contributed by atoms with Crippen molar-refractivity contribution < 1.29 is 9.59 Å². The molecule has 0 aromatic heterocycles. The van der Waals surface area contributed by atoms with Gasteiger partial charge in [-0.1, -0.05) is 11.6 Å². The van der Waals surface area contributed by atoms with Crippen LogP contribution in [0.2, 0.25) is 5.02 Å². The molecule has 0 radical (unpaired) electrons. The Morgan fingerprint density at radius 2 is 1.95 bits per heavy atom. The fraction of sp³-hybridized carbons (Fsp3) is 0.429. The molecular weight excluding hydrogens is 313 g/mol. The van der Waals surface area contributed by atoms with Crippen LogP contribution in [0.15, 0.2) is 18.2 Å². The predicted octanol–water partition coefficient (Wildman–Crippen LogP) is 2.79. The minimum Gasteiger partial charge on any atom is -0.328 e. The molecule has 4 N–H and O–H groups in total. The van der Waals surface area contributed by atoms with Crippen LogP contribution >= 0.6 is 24.0 Å². The van der Waals surface area contributed by atoms with Crippen molar-refractivity contribution in [2.75, 3.05) is 10.6 Å². The van der Waals surface area contributed by atoms with Crippen LogP contribution in [-0.2, 0) is 9.59 Å². The fourth-order valence-electron chi connectivity index (χ4n) is 2.41. The second-order valence-corrected chi connectivity index (χ2v) is 5.57. The van der Waals surface area contributed by atoms with Crippen LogP contribution in [-0.4, -0.2) is 17.9 Å². The lowest BCUT2D eigenvalue weighted by atomic mass is 10.1. The van der Waals surface area contributed by atoms with Gasteiger partial charge in [-0.25, -0.2) is 0 Å². The molecule has 0 bridgehead atoms. The zero-order valence-corrected chi connectivity index (χ0v) is 13.3. The molecule has 2 rings (SSSR count). The molecule has 1 aromatic rings. The Morgan fingerprint density at radius 1 is 1.24 bits per heavy atom. The number of hydrogen-bond acceptors (Lipinski definition) is 3. The summed E-state index contributed by atoms with van der Waals surface area (Å²) in [5.41, 5.74) is 6.87. The van der Waals surface area contributed by atoms with Gasteiger partial charge in [-0.05, 0) is 37.5 Å². The second kappa shape index (κ2) is 7.64. The molecule has 0 aliphatic heterocycles. The maximum absolute atomic E-state index is 12.2. The molecule has 1 fully saturated rings. The van der Waals surface area contributed by atoms with Crippen LogP contribution in [0.1, 0.15) is 26.2 Å². The predicted molar refractivity (Wildman–Crippen MR) is 86.9 cm³/mol. The molecular formula is C14H19Cl2N3O2. The number of amides is 2. The highest BCUT2D eigenvalue weighted by Gasteiger charge is 2.28. The van der Waals surface area contributed by atoms with Gasteiger partial charge in [0.2, 0.25) is 11.8 Å². The number of benzene rings is 1. The van der Waals surface area contributed by atoms with Crippen LogP contribution < -0.4 is 16.4 Å². The molecule has 1 aliphatic rings. The summed E-state index contributed by atoms with van der Waals surface area (Å²) in [4.78, 5) is 23.3. The number of anilines is 2. The quantitative estimate of drug-likeness (QED) is 0.796. The molecule has 2 amide bonds. The number of carbonyl (C=O) groups is 2. The van der Waals surface area contributed by atoms with Crippen molar-refractivity contribution in [1.29, 1.82) is 0 Å². The maximum Gasteiger partial charge on any atom is 0.227 e. The number of rotatable bonds is 3. The third kappa shape index (κ3) is 4.88. The third-order valence-electron chi connectivity index (χ3n) is 3.39. The van der Waals surface area contributed by atoms with Crippen LogP contribution in [0, 0.1) is 5.92 Å². The SMILES string of the molecule is CC(=O)Nc1cc(Cl)ccc1NC(=O)C1CCC(N)C1.Cl. The van der Waals surface area contributed by atoms with Gasteiger partial charge in [-0.2, -0.15) is 0 Å². The van der Waals surface area contributed by atoms with E-state index >= 15 is 0 Å². The number of hydrogen-bond donors (Lipinski definition) is 3. The van der Waals surface area contributed by atoms with E-state index in [0.29, 0.717) is 22.8 Å². The highest BCUT2D eigenvalue weighted by atomic mass is 35.5. The highest BCUT2D eigenvalue weighted by molar-refractivity contribution is 6.31. The first kappa shape index (κ1) is 17.8. The second-order valence-electron chi connectivity index (χ2n) is 5.13. The molecule has 2 atom stereocenters. The van der Waals surface area contributed by atoms with Crippen LogP contribution in [0.3, 0.4) is 0 Å². The molecule has 2 unspecified atom stereocenters. The maximum atomic E-state index is 12.2. The van der Waals surface area contributed by atoms with Crippen molar-refractivity contribution >= 4 is 47.2 Å². The van der Waals surface area contributed by atoms with Crippen molar-refractivity contribution in [3.8, 4) is 0 Å². The first-order chi connectivity index (χ1) is 9.45. The summed E-state index contributed by atoms with van der Waals surface area (Å²) in [7, 11) is 0. The van der Waals surface area contributed by atoms with Crippen LogP contribution in [0.25, 0.3) is 0 Å². The highest BCUT2D eigenvalue weighted by Crippen LogP contribution is 2.29. The van der Waals surface area contributed by atoms with Gasteiger partial charge in [0.05, 0.1) is 11.4 Å². The van der Waals surface area contributed by atoms with E-state index in [1.54, 1.807) is 18.2 Å². The average Bonchev–Trinajstić information content (AvgIpc) is 2.78. The van der Waals surface area contributed by atoms with Gasteiger partial charge in [-0.3, -0.25) is 9.59 Å². The smallest absolute Gasteiger partial charge is 0.227 e. The average molecular weight is 332 g/mol. The third-order valence-corrected chi connectivity index (χ3v) is 3.63. The topological polar surface area (TPSA) is 84.2 Å². The van der Waals surface area contributed by atoms with Crippen molar-refractivity contribution in [2.45, 2.75) is 32.2 Å². The first-order valence-electron chi connectivity index (χ1n) is 6.59. The van der Waals surface area contributed by atoms with Crippen molar-refractivity contribution in [1.82, 2.24) is 0 Å². The Labute approximate surface area is 135 Å². The summed E-state index contributed by atoms with van der Waals surface area (Å²) >= 11 is 5.90. The van der Waals surface area contributed by atoms with Crippen molar-refractivity contribution in [3.05, 3.63) is 23.2 Å². The molecule has 5 nitrogen and oxygen atoms in total. The Kier molecular flexibility index (Phi) is 6.45. The van der Waals surface area contributed by atoms with Gasteiger partial charge in [-0.15, -0.1) is 12.4 Å². The van der Waals surface area contributed by atoms with Gasteiger partial charge in [0.15, 0.2) is 0 Å². The standard InChI is InChI=1S/C14H18ClN3O2.ClH/c1-8(19)17-13-7-10(15)3-5-12(13)18-14(20)9-2-4-11(16)6-9;/h3,5,7,9,11H,2,4,6,16H2,1H3,(H,17,19)(H,18,20);1H. The van der Waals surface area contributed by atoms with E-state index in [1.165, 1.54) is 6.92 Å². The minimum absolute atomic E-state index is 0. The summed E-state index contributed by atoms with van der Waals surface area (Å²) in [5, 5.41) is 5.99. The number of carbonyl (C=O) groups excluding carboxylic acids is 2. The largest absolute Gasteiger partial charge is 0.328 e. The minimum atomic E-state index is -0.217. The van der Waals surface area contributed by atoms with E-state index in [2.05, 4.69) is 10.6 Å². The van der Waals surface area contributed by atoms with E-state index in [1.807, 2.05) is 0 Å². The molecule has 1 aliphatic carbocycles. The van der Waals surface area contributed by atoms with Gasteiger partial charge in [0, 0.05) is 23.9 Å². The first-order valence-corrected chi connectivity index (χ1v) is 6.97. The van der Waals surface area contributed by atoms with Gasteiger partial charge < -0.3 is 16.4 Å². The van der Waals surface area contributed by atoms with Crippen LogP contribution in [0.4, 0.5) is 11.4 Å². The van der Waals surface area contributed by atoms with E-state index in [0.717, 1.165) is 12.8 Å². The van der Waals surface area contributed by atoms with E-state index in [9.17, 15) is 9.59 Å². The van der Waals surface area contributed by atoms with Crippen molar-refractivity contribution in [2.24, 2.45) is 11.7 Å². The Morgan fingerprint density at radius 3 is 2.52 bits per heavy atom. The lowest BCUT2D eigenvalue weighted by Gasteiger charge is -2.14. The summed E-state index contributed by atoms with van der Waals surface area (Å²) in [5.74, 6) is -0.344. The van der Waals surface area contributed by atoms with Gasteiger partial charge >= 0.3 is 0 Å². The fourth-order valence-corrected chi connectivity index (χ4v) is 2.58. The monoisotopic (exact) mass is 331 g/mol. The van der Waals surface area contributed by atoms with Gasteiger partial charge in [0.1, 0.15) is 0 Å². The van der Waals surface area contributed by atoms with E-state index in [4.69, 9.17) is 17.3 Å². The molecule has 116 valence electrons. The Bertz CT molecular complexity index is 537. The van der Waals surface area contributed by atoms with E-state index in [-0.39, 0.29) is 36.2 Å². The summed E-state index contributed by atoms with van der Waals surface area (Å²) < 4.78 is 0. The number of halogens is 2. The van der Waals surface area contributed by atoms with Gasteiger partial charge in [0.25, 0.3) is 0 Å². The molecule has 7 heteroatoms. The van der Waals surface area contributed by atoms with E-state index < -0.39 is 0 Å². The zero-order valence-electron chi connectivity index (χ0n) is 11.7. The molecule has 0 spiro atoms. The van der Waals surface area contributed by atoms with Crippen molar-refractivity contribution in [3.63, 3.8) is 0 Å². The molecule has 21 heavy (non-hydrogen) atoms. The normalized spacial score (nSPS) is 20.5. The molecule has 1 saturated carbocycles. The number of nitrogens with two attached hydrogens (primary N) is 1. The molecule has 0 saturated heterocycles. The Balaban J connectivity index is 0.00000220. The lowest BCUT2D eigenvalue weighted by molar-refractivity contribution is -0.119. The molecule has 0 heterocycles. The summed E-state index contributed by atoms with van der Waals surface area (Å²) in [6.45, 7) is 1.41. The molecule has 1 aromatic carbocycles. The Hall–Kier alpha value is -1.30. The lowest BCUT2D eigenvalue weighted by Crippen LogP contribution is -2.23. The van der Waals surface area contributed by atoms with Crippen LogP contribution in [0.5, 0.6) is 0 Å². The zero-order chi connectivity index (χ0) is 14.7.